The molecule has 154 valence electrons. The van der Waals surface area contributed by atoms with Crippen LogP contribution in [-0.4, -0.2) is 10.9 Å². The molecule has 0 aliphatic rings. The Morgan fingerprint density at radius 2 is 1.77 bits per heavy atom. The number of para-hydroxylation sites is 1. The van der Waals surface area contributed by atoms with Gasteiger partial charge >= 0.3 is 0 Å². The number of rotatable bonds is 5. The molecule has 31 heavy (non-hydrogen) atoms. The first-order valence-electron chi connectivity index (χ1n) is 10.4. The topological polar surface area (TPSA) is 68.3 Å². The molecule has 0 radical (unpaired) electrons. The molecule has 0 saturated carbocycles. The number of nitrogens with one attached hydrogen (secondary N) is 1. The van der Waals surface area contributed by atoms with E-state index in [1.54, 1.807) is 6.07 Å². The molecule has 5 rings (SSSR count). The molecule has 0 aliphatic heterocycles. The molecule has 0 bridgehead atoms. The molecule has 1 N–H and O–H groups in total. The van der Waals surface area contributed by atoms with Crippen LogP contribution in [0.3, 0.4) is 0 Å². The summed E-state index contributed by atoms with van der Waals surface area (Å²) in [4.78, 5) is 17.2. The summed E-state index contributed by atoms with van der Waals surface area (Å²) in [7, 11) is 0. The minimum absolute atomic E-state index is 0.279. The molecular formula is C26H22N2O3. The predicted octanol–water partition coefficient (Wildman–Crippen LogP) is 7.01. The van der Waals surface area contributed by atoms with Crippen molar-refractivity contribution in [1.82, 2.24) is 4.98 Å². The highest BCUT2D eigenvalue weighted by Crippen LogP contribution is 2.29. The first-order valence-corrected chi connectivity index (χ1v) is 10.4. The normalized spacial score (nSPS) is 12.3. The monoisotopic (exact) mass is 410 g/mol. The van der Waals surface area contributed by atoms with Crippen molar-refractivity contribution in [3.05, 3.63) is 84.1 Å². The summed E-state index contributed by atoms with van der Waals surface area (Å²) in [5, 5.41) is 3.77. The number of fused-ring (bicyclic) bond motifs is 2. The first-order chi connectivity index (χ1) is 15.1. The van der Waals surface area contributed by atoms with E-state index in [4.69, 9.17) is 8.83 Å². The SMILES string of the molecule is CCC(C)c1ccc2oc(-c3ccc(NC(=O)c4cc5ccccc5o4)cc3)nc2c1. The summed E-state index contributed by atoms with van der Waals surface area (Å²) in [6, 6.07) is 22.9. The minimum atomic E-state index is -0.289. The van der Waals surface area contributed by atoms with E-state index in [-0.39, 0.29) is 11.7 Å². The zero-order valence-corrected chi connectivity index (χ0v) is 17.4. The van der Waals surface area contributed by atoms with Gasteiger partial charge in [0.15, 0.2) is 11.3 Å². The maximum Gasteiger partial charge on any atom is 0.291 e. The van der Waals surface area contributed by atoms with E-state index in [0.717, 1.165) is 28.5 Å². The van der Waals surface area contributed by atoms with Crippen LogP contribution in [0.1, 0.15) is 42.3 Å². The first kappa shape index (κ1) is 19.1. The largest absolute Gasteiger partial charge is 0.451 e. The Hall–Kier alpha value is -3.86. The average Bonchev–Trinajstić information content (AvgIpc) is 3.42. The van der Waals surface area contributed by atoms with Crippen LogP contribution in [0.5, 0.6) is 0 Å². The molecule has 5 nitrogen and oxygen atoms in total. The van der Waals surface area contributed by atoms with E-state index in [1.807, 2.05) is 54.6 Å². The zero-order valence-electron chi connectivity index (χ0n) is 17.4. The molecule has 1 unspecified atom stereocenters. The van der Waals surface area contributed by atoms with Gasteiger partial charge in [0.25, 0.3) is 5.91 Å². The summed E-state index contributed by atoms with van der Waals surface area (Å²) in [6.45, 7) is 4.39. The number of oxazole rings is 1. The molecular weight excluding hydrogens is 388 g/mol. The fourth-order valence-corrected chi connectivity index (χ4v) is 3.59. The molecule has 3 aromatic carbocycles. The molecule has 0 aliphatic carbocycles. The van der Waals surface area contributed by atoms with Crippen molar-refractivity contribution in [3.63, 3.8) is 0 Å². The van der Waals surface area contributed by atoms with Gasteiger partial charge in [0.2, 0.25) is 5.89 Å². The molecule has 5 heteroatoms. The van der Waals surface area contributed by atoms with Gasteiger partial charge in [-0.15, -0.1) is 0 Å². The maximum atomic E-state index is 12.5. The van der Waals surface area contributed by atoms with Crippen LogP contribution in [0.2, 0.25) is 0 Å². The summed E-state index contributed by atoms with van der Waals surface area (Å²) < 4.78 is 11.6. The molecule has 0 spiro atoms. The van der Waals surface area contributed by atoms with E-state index >= 15 is 0 Å². The number of furan rings is 1. The van der Waals surface area contributed by atoms with Crippen LogP contribution >= 0.6 is 0 Å². The molecule has 1 atom stereocenters. The van der Waals surface area contributed by atoms with Gasteiger partial charge in [-0.2, -0.15) is 0 Å². The van der Waals surface area contributed by atoms with Crippen molar-refractivity contribution < 1.29 is 13.6 Å². The smallest absolute Gasteiger partial charge is 0.291 e. The second-order valence-electron chi connectivity index (χ2n) is 7.74. The van der Waals surface area contributed by atoms with Crippen LogP contribution in [-0.2, 0) is 0 Å². The Kier molecular flexibility index (Phi) is 4.79. The lowest BCUT2D eigenvalue weighted by Gasteiger charge is -2.07. The molecule has 0 fully saturated rings. The zero-order chi connectivity index (χ0) is 21.4. The number of aromatic nitrogens is 1. The lowest BCUT2D eigenvalue weighted by Crippen LogP contribution is -2.10. The van der Waals surface area contributed by atoms with E-state index < -0.39 is 0 Å². The summed E-state index contributed by atoms with van der Waals surface area (Å²) in [5.41, 5.74) is 5.10. The van der Waals surface area contributed by atoms with E-state index in [2.05, 4.69) is 36.3 Å². The van der Waals surface area contributed by atoms with Crippen molar-refractivity contribution in [2.75, 3.05) is 5.32 Å². The van der Waals surface area contributed by atoms with Gasteiger partial charge < -0.3 is 14.2 Å². The Morgan fingerprint density at radius 3 is 2.55 bits per heavy atom. The van der Waals surface area contributed by atoms with Crippen LogP contribution < -0.4 is 5.32 Å². The number of benzene rings is 3. The fraction of sp³-hybridized carbons (Fsp3) is 0.154. The van der Waals surface area contributed by atoms with E-state index in [9.17, 15) is 4.79 Å². The minimum Gasteiger partial charge on any atom is -0.451 e. The van der Waals surface area contributed by atoms with Crippen LogP contribution in [0.4, 0.5) is 5.69 Å². The van der Waals surface area contributed by atoms with Crippen molar-refractivity contribution in [2.24, 2.45) is 0 Å². The Labute approximate surface area is 179 Å². The van der Waals surface area contributed by atoms with Gasteiger partial charge in [0.1, 0.15) is 11.1 Å². The van der Waals surface area contributed by atoms with E-state index in [1.165, 1.54) is 5.56 Å². The second-order valence-corrected chi connectivity index (χ2v) is 7.74. The quantitative estimate of drug-likeness (QED) is 0.338. The third kappa shape index (κ3) is 3.70. The number of carbonyl (C=O) groups excluding carboxylic acids is 1. The molecule has 5 aromatic rings. The van der Waals surface area contributed by atoms with Crippen molar-refractivity contribution in [1.29, 1.82) is 0 Å². The van der Waals surface area contributed by atoms with Gasteiger partial charge in [-0.1, -0.05) is 38.1 Å². The number of carbonyl (C=O) groups is 1. The number of amides is 1. The Balaban J connectivity index is 1.35. The van der Waals surface area contributed by atoms with Crippen molar-refractivity contribution in [2.45, 2.75) is 26.2 Å². The van der Waals surface area contributed by atoms with Gasteiger partial charge in [-0.3, -0.25) is 4.79 Å². The molecule has 0 saturated heterocycles. The lowest BCUT2D eigenvalue weighted by molar-refractivity contribution is 0.0998. The molecule has 2 aromatic heterocycles. The number of anilines is 1. The molecule has 1 amide bonds. The highest BCUT2D eigenvalue weighted by atomic mass is 16.4. The van der Waals surface area contributed by atoms with Gasteiger partial charge in [-0.25, -0.2) is 4.98 Å². The van der Waals surface area contributed by atoms with E-state index in [0.29, 0.717) is 23.1 Å². The Bertz CT molecular complexity index is 1350. The fourth-order valence-electron chi connectivity index (χ4n) is 3.59. The number of nitrogens with zero attached hydrogens (tertiary/aromatic N) is 1. The van der Waals surface area contributed by atoms with Crippen LogP contribution in [0, 0.1) is 0 Å². The summed E-state index contributed by atoms with van der Waals surface area (Å²) in [6.07, 6.45) is 1.08. The van der Waals surface area contributed by atoms with Crippen molar-refractivity contribution in [3.8, 4) is 11.5 Å². The predicted molar refractivity (Wildman–Crippen MR) is 122 cm³/mol. The average molecular weight is 410 g/mol. The highest BCUT2D eigenvalue weighted by Gasteiger charge is 2.14. The maximum absolute atomic E-state index is 12.5. The molecule has 2 heterocycles. The third-order valence-corrected chi connectivity index (χ3v) is 5.63. The van der Waals surface area contributed by atoms with Gasteiger partial charge in [0, 0.05) is 16.6 Å². The summed E-state index contributed by atoms with van der Waals surface area (Å²) in [5.74, 6) is 1.04. The summed E-state index contributed by atoms with van der Waals surface area (Å²) >= 11 is 0. The standard InChI is InChI=1S/C26H22N2O3/c1-3-16(2)18-10-13-23-21(14-18)28-26(31-23)17-8-11-20(12-9-17)27-25(29)24-15-19-6-4-5-7-22(19)30-24/h4-16H,3H2,1-2H3,(H,27,29). The van der Waals surface area contributed by atoms with Gasteiger partial charge in [-0.05, 0) is 66.4 Å². The number of hydrogen-bond donors (Lipinski definition) is 1. The van der Waals surface area contributed by atoms with Gasteiger partial charge in [0.05, 0.1) is 0 Å². The van der Waals surface area contributed by atoms with Crippen LogP contribution in [0.25, 0.3) is 33.5 Å². The lowest BCUT2D eigenvalue weighted by atomic mass is 9.98. The number of hydrogen-bond acceptors (Lipinski definition) is 4. The third-order valence-electron chi connectivity index (χ3n) is 5.63. The Morgan fingerprint density at radius 1 is 0.968 bits per heavy atom. The highest BCUT2D eigenvalue weighted by molar-refractivity contribution is 6.04. The van der Waals surface area contributed by atoms with Crippen molar-refractivity contribution >= 4 is 33.7 Å². The second kappa shape index (κ2) is 7.76. The van der Waals surface area contributed by atoms with Crippen LogP contribution in [0.15, 0.2) is 81.6 Å².